The Morgan fingerprint density at radius 1 is 1.19 bits per heavy atom. The van der Waals surface area contributed by atoms with Crippen molar-refractivity contribution in [2.75, 3.05) is 6.54 Å². The first-order chi connectivity index (χ1) is 12.3. The summed E-state index contributed by atoms with van der Waals surface area (Å²) in [7, 11) is 0. The van der Waals surface area contributed by atoms with E-state index in [-0.39, 0.29) is 24.5 Å². The van der Waals surface area contributed by atoms with E-state index in [1.54, 1.807) is 11.8 Å². The number of urea groups is 1. The van der Waals surface area contributed by atoms with Crippen LogP contribution in [0.5, 0.6) is 0 Å². The highest BCUT2D eigenvalue weighted by Crippen LogP contribution is 2.25. The quantitative estimate of drug-likeness (QED) is 0.695. The van der Waals surface area contributed by atoms with Crippen LogP contribution in [0.15, 0.2) is 30.3 Å². The van der Waals surface area contributed by atoms with Crippen molar-refractivity contribution in [1.82, 2.24) is 10.2 Å². The third kappa shape index (κ3) is 6.02. The van der Waals surface area contributed by atoms with Crippen LogP contribution in [0.3, 0.4) is 0 Å². The second-order valence-electron chi connectivity index (χ2n) is 7.53. The van der Waals surface area contributed by atoms with E-state index in [0.717, 1.165) is 5.56 Å². The van der Waals surface area contributed by atoms with Crippen molar-refractivity contribution in [3.63, 3.8) is 0 Å². The maximum absolute atomic E-state index is 12.8. The van der Waals surface area contributed by atoms with Crippen LogP contribution in [0.2, 0.25) is 0 Å². The minimum absolute atomic E-state index is 0.0112. The van der Waals surface area contributed by atoms with Crippen LogP contribution < -0.4 is 5.32 Å². The monoisotopic (exact) mass is 362 g/mol. The summed E-state index contributed by atoms with van der Waals surface area (Å²) in [5.74, 6) is -1.05. The van der Waals surface area contributed by atoms with E-state index in [1.807, 2.05) is 37.3 Å². The number of nitrogens with one attached hydrogen (secondary N) is 1. The van der Waals surface area contributed by atoms with Crippen LogP contribution in [-0.2, 0) is 11.3 Å². The number of hydrogen-bond donors (Lipinski definition) is 3. The average Bonchev–Trinajstić information content (AvgIpc) is 2.62. The van der Waals surface area contributed by atoms with Crippen molar-refractivity contribution >= 4 is 12.0 Å². The molecule has 2 rings (SSSR count). The zero-order valence-corrected chi connectivity index (χ0v) is 15.6. The minimum atomic E-state index is -0.951. The fraction of sp³-hybridized carbons (Fsp3) is 0.600. The van der Waals surface area contributed by atoms with Gasteiger partial charge in [0.05, 0.1) is 18.1 Å². The van der Waals surface area contributed by atoms with E-state index in [4.69, 9.17) is 5.11 Å². The molecule has 144 valence electrons. The van der Waals surface area contributed by atoms with Gasteiger partial charge in [-0.25, -0.2) is 4.79 Å². The topological polar surface area (TPSA) is 89.9 Å². The van der Waals surface area contributed by atoms with E-state index < -0.39 is 11.6 Å². The number of benzene rings is 1. The zero-order valence-electron chi connectivity index (χ0n) is 15.6. The Hall–Kier alpha value is -2.08. The molecule has 0 saturated heterocycles. The van der Waals surface area contributed by atoms with Gasteiger partial charge >= 0.3 is 12.0 Å². The van der Waals surface area contributed by atoms with E-state index in [2.05, 4.69) is 5.32 Å². The van der Waals surface area contributed by atoms with E-state index in [0.29, 0.717) is 38.6 Å². The van der Waals surface area contributed by atoms with Gasteiger partial charge in [-0.15, -0.1) is 0 Å². The molecule has 0 heterocycles. The first-order valence-corrected chi connectivity index (χ1v) is 9.35. The number of rotatable bonds is 7. The van der Waals surface area contributed by atoms with Crippen molar-refractivity contribution in [3.8, 4) is 0 Å². The number of nitrogens with zero attached hydrogens (tertiary/aromatic N) is 1. The molecule has 1 saturated carbocycles. The maximum Gasteiger partial charge on any atom is 0.318 e. The molecule has 0 spiro atoms. The van der Waals surface area contributed by atoms with Gasteiger partial charge in [-0.1, -0.05) is 37.3 Å². The fourth-order valence-corrected chi connectivity index (χ4v) is 3.28. The Kier molecular flexibility index (Phi) is 7.03. The van der Waals surface area contributed by atoms with Crippen molar-refractivity contribution < 1.29 is 19.8 Å². The third-order valence-corrected chi connectivity index (χ3v) is 5.20. The SMILES string of the molecule is CCC(C)(O)CN(Cc1ccccc1)C(=O)NC1CCC(C(=O)O)CC1. The summed E-state index contributed by atoms with van der Waals surface area (Å²) in [5.41, 5.74) is 0.0525. The Morgan fingerprint density at radius 3 is 2.35 bits per heavy atom. The molecular formula is C20H30N2O4. The molecule has 6 nitrogen and oxygen atoms in total. The summed E-state index contributed by atoms with van der Waals surface area (Å²) in [6.45, 7) is 4.30. The number of aliphatic carboxylic acids is 1. The summed E-state index contributed by atoms with van der Waals surface area (Å²) < 4.78 is 0. The number of aliphatic hydroxyl groups is 1. The number of carbonyl (C=O) groups excluding carboxylic acids is 1. The van der Waals surface area contributed by atoms with Gasteiger partial charge in [0.2, 0.25) is 0 Å². The maximum atomic E-state index is 12.8. The molecular weight excluding hydrogens is 332 g/mol. The molecule has 1 aliphatic carbocycles. The Bertz CT molecular complexity index is 595. The number of hydrogen-bond acceptors (Lipinski definition) is 3. The van der Waals surface area contributed by atoms with Crippen LogP contribution in [0, 0.1) is 5.92 Å². The number of carboxylic acids is 1. The van der Waals surface area contributed by atoms with Gasteiger partial charge in [0.15, 0.2) is 0 Å². The molecule has 1 aliphatic rings. The molecule has 1 unspecified atom stereocenters. The lowest BCUT2D eigenvalue weighted by atomic mass is 9.86. The average molecular weight is 362 g/mol. The molecule has 0 bridgehead atoms. The largest absolute Gasteiger partial charge is 0.481 e. The van der Waals surface area contributed by atoms with E-state index in [9.17, 15) is 14.7 Å². The fourth-order valence-electron chi connectivity index (χ4n) is 3.28. The van der Waals surface area contributed by atoms with Crippen LogP contribution in [0.25, 0.3) is 0 Å². The molecule has 1 fully saturated rings. The lowest BCUT2D eigenvalue weighted by molar-refractivity contribution is -0.142. The molecule has 26 heavy (non-hydrogen) atoms. The normalized spacial score (nSPS) is 22.3. The van der Waals surface area contributed by atoms with Crippen molar-refractivity contribution in [1.29, 1.82) is 0 Å². The zero-order chi connectivity index (χ0) is 19.2. The van der Waals surface area contributed by atoms with Gasteiger partial charge in [-0.3, -0.25) is 4.79 Å². The molecule has 1 atom stereocenters. The predicted octanol–water partition coefficient (Wildman–Crippen LogP) is 3.00. The highest BCUT2D eigenvalue weighted by molar-refractivity contribution is 5.75. The summed E-state index contributed by atoms with van der Waals surface area (Å²) in [5, 5.41) is 22.6. The van der Waals surface area contributed by atoms with Gasteiger partial charge in [0, 0.05) is 12.6 Å². The summed E-state index contributed by atoms with van der Waals surface area (Å²) in [6, 6.07) is 9.48. The highest BCUT2D eigenvalue weighted by atomic mass is 16.4. The van der Waals surface area contributed by atoms with Crippen LogP contribution in [-0.4, -0.2) is 45.3 Å². The minimum Gasteiger partial charge on any atom is -0.481 e. The number of carbonyl (C=O) groups is 2. The molecule has 2 amide bonds. The second kappa shape index (κ2) is 9.03. The Balaban J connectivity index is 1.99. The van der Waals surface area contributed by atoms with Gasteiger partial charge in [-0.05, 0) is 44.6 Å². The third-order valence-electron chi connectivity index (χ3n) is 5.20. The number of amides is 2. The Labute approximate surface area is 155 Å². The van der Waals surface area contributed by atoms with Crippen LogP contribution in [0.4, 0.5) is 4.79 Å². The summed E-state index contributed by atoms with van der Waals surface area (Å²) in [6.07, 6.45) is 3.07. The van der Waals surface area contributed by atoms with Crippen LogP contribution >= 0.6 is 0 Å². The molecule has 0 radical (unpaired) electrons. The van der Waals surface area contributed by atoms with Crippen molar-refractivity contribution in [3.05, 3.63) is 35.9 Å². The van der Waals surface area contributed by atoms with Crippen molar-refractivity contribution in [2.24, 2.45) is 5.92 Å². The molecule has 6 heteroatoms. The van der Waals surface area contributed by atoms with Gasteiger partial charge < -0.3 is 20.4 Å². The second-order valence-corrected chi connectivity index (χ2v) is 7.53. The smallest absolute Gasteiger partial charge is 0.318 e. The predicted molar refractivity (Wildman–Crippen MR) is 99.7 cm³/mol. The first kappa shape index (κ1) is 20.2. The lowest BCUT2D eigenvalue weighted by Crippen LogP contribution is -2.50. The first-order valence-electron chi connectivity index (χ1n) is 9.35. The number of carboxylic acid groups (broad SMARTS) is 1. The van der Waals surface area contributed by atoms with Gasteiger partial charge in [-0.2, -0.15) is 0 Å². The molecule has 1 aromatic rings. The lowest BCUT2D eigenvalue weighted by Gasteiger charge is -2.34. The van der Waals surface area contributed by atoms with E-state index in [1.165, 1.54) is 0 Å². The Morgan fingerprint density at radius 2 is 1.81 bits per heavy atom. The summed E-state index contributed by atoms with van der Waals surface area (Å²) in [4.78, 5) is 25.5. The molecule has 0 aromatic heterocycles. The molecule has 3 N–H and O–H groups in total. The van der Waals surface area contributed by atoms with Gasteiger partial charge in [0.25, 0.3) is 0 Å². The van der Waals surface area contributed by atoms with Crippen LogP contribution in [0.1, 0.15) is 51.5 Å². The van der Waals surface area contributed by atoms with Gasteiger partial charge in [0.1, 0.15) is 0 Å². The summed E-state index contributed by atoms with van der Waals surface area (Å²) >= 11 is 0. The standard InChI is InChI=1S/C20H30N2O4/c1-3-20(2,26)14-22(13-15-7-5-4-6-8-15)19(25)21-17-11-9-16(10-12-17)18(23)24/h4-8,16-17,26H,3,9-14H2,1-2H3,(H,21,25)(H,23,24). The highest BCUT2D eigenvalue weighted by Gasteiger charge is 2.30. The molecule has 1 aromatic carbocycles. The van der Waals surface area contributed by atoms with E-state index >= 15 is 0 Å². The molecule has 0 aliphatic heterocycles. The van der Waals surface area contributed by atoms with Crippen molar-refractivity contribution in [2.45, 2.75) is 64.1 Å².